The Balaban J connectivity index is 2.47. The Bertz CT molecular complexity index is 487. The van der Waals surface area contributed by atoms with E-state index in [0.717, 1.165) is 17.0 Å². The van der Waals surface area contributed by atoms with Crippen molar-refractivity contribution >= 4 is 6.08 Å². The number of methoxy groups -OCH3 is 1. The molecule has 3 nitrogen and oxygen atoms in total. The van der Waals surface area contributed by atoms with Crippen molar-refractivity contribution in [3.63, 3.8) is 0 Å². The molecule has 0 aliphatic carbocycles. The van der Waals surface area contributed by atoms with Crippen molar-refractivity contribution in [3.05, 3.63) is 55.2 Å². The summed E-state index contributed by atoms with van der Waals surface area (Å²) in [6.45, 7) is 3.67. The Kier molecular flexibility index (Phi) is 3.05. The van der Waals surface area contributed by atoms with Crippen LogP contribution in [-0.4, -0.2) is 16.9 Å². The predicted molar refractivity (Wildman–Crippen MR) is 64.5 cm³/mol. The summed E-state index contributed by atoms with van der Waals surface area (Å²) in [6.07, 6.45) is 7.30. The van der Waals surface area contributed by atoms with E-state index in [1.54, 1.807) is 24.1 Å². The SMILES string of the molecule is [CH2]/C=C/c1ccc(-n2cccn2)c(OC)c1. The van der Waals surface area contributed by atoms with Crippen molar-refractivity contribution in [2.45, 2.75) is 0 Å². The Hall–Kier alpha value is -2.03. The molecule has 0 aliphatic heterocycles. The summed E-state index contributed by atoms with van der Waals surface area (Å²) >= 11 is 0. The standard InChI is InChI=1S/C13H13N2O/c1-3-5-11-6-7-12(13(10-11)16-2)15-9-4-8-14-15/h3-10H,1H2,2H3/b5-3+. The predicted octanol–water partition coefficient (Wildman–Crippen LogP) is 2.73. The molecule has 0 unspecified atom stereocenters. The first-order valence-electron chi connectivity index (χ1n) is 4.99. The zero-order valence-corrected chi connectivity index (χ0v) is 9.13. The molecule has 0 spiro atoms. The molecular weight excluding hydrogens is 200 g/mol. The maximum Gasteiger partial charge on any atom is 0.145 e. The smallest absolute Gasteiger partial charge is 0.145 e. The minimum absolute atomic E-state index is 0.791. The molecule has 2 rings (SSSR count). The van der Waals surface area contributed by atoms with Gasteiger partial charge in [-0.3, -0.25) is 0 Å². The highest BCUT2D eigenvalue weighted by Crippen LogP contribution is 2.24. The summed E-state index contributed by atoms with van der Waals surface area (Å²) in [6, 6.07) is 7.81. The molecule has 1 aromatic heterocycles. The fourth-order valence-electron chi connectivity index (χ4n) is 1.53. The average molecular weight is 213 g/mol. The topological polar surface area (TPSA) is 27.1 Å². The first kappa shape index (κ1) is 10.5. The molecule has 16 heavy (non-hydrogen) atoms. The lowest BCUT2D eigenvalue weighted by Gasteiger charge is -2.09. The zero-order chi connectivity index (χ0) is 11.4. The van der Waals surface area contributed by atoms with Gasteiger partial charge in [0.15, 0.2) is 0 Å². The highest BCUT2D eigenvalue weighted by molar-refractivity contribution is 5.58. The van der Waals surface area contributed by atoms with Crippen LogP contribution < -0.4 is 4.74 Å². The minimum atomic E-state index is 0.791. The van der Waals surface area contributed by atoms with E-state index in [9.17, 15) is 0 Å². The second-order valence-electron chi connectivity index (χ2n) is 3.28. The van der Waals surface area contributed by atoms with Crippen LogP contribution in [0.1, 0.15) is 5.56 Å². The van der Waals surface area contributed by atoms with Crippen molar-refractivity contribution < 1.29 is 4.74 Å². The molecule has 0 bridgehead atoms. The van der Waals surface area contributed by atoms with Crippen molar-refractivity contribution in [1.29, 1.82) is 0 Å². The molecule has 0 fully saturated rings. The van der Waals surface area contributed by atoms with Crippen LogP contribution in [0.3, 0.4) is 0 Å². The van der Waals surface area contributed by atoms with Crippen LogP contribution in [0.15, 0.2) is 42.7 Å². The fourth-order valence-corrected chi connectivity index (χ4v) is 1.53. The molecule has 0 aliphatic rings. The van der Waals surface area contributed by atoms with E-state index in [0.29, 0.717) is 0 Å². The van der Waals surface area contributed by atoms with Crippen molar-refractivity contribution in [2.75, 3.05) is 7.11 Å². The highest BCUT2D eigenvalue weighted by atomic mass is 16.5. The number of aromatic nitrogens is 2. The summed E-state index contributed by atoms with van der Waals surface area (Å²) < 4.78 is 7.12. The van der Waals surface area contributed by atoms with Crippen LogP contribution in [0.2, 0.25) is 0 Å². The van der Waals surface area contributed by atoms with Gasteiger partial charge in [0.2, 0.25) is 0 Å². The third kappa shape index (κ3) is 1.98. The normalized spacial score (nSPS) is 10.9. The molecule has 0 saturated carbocycles. The fraction of sp³-hybridized carbons (Fsp3) is 0.0769. The molecule has 81 valence electrons. The summed E-state index contributed by atoms with van der Waals surface area (Å²) in [5.74, 6) is 0.791. The van der Waals surface area contributed by atoms with Gasteiger partial charge < -0.3 is 4.74 Å². The molecule has 1 radical (unpaired) electrons. The molecule has 1 heterocycles. The quantitative estimate of drug-likeness (QED) is 0.783. The van der Waals surface area contributed by atoms with Gasteiger partial charge in [-0.2, -0.15) is 5.10 Å². The number of hydrogen-bond acceptors (Lipinski definition) is 2. The second kappa shape index (κ2) is 4.66. The average Bonchev–Trinajstić information content (AvgIpc) is 2.83. The molecule has 2 aromatic rings. The number of allylic oxidation sites excluding steroid dienone is 1. The Morgan fingerprint density at radius 2 is 2.31 bits per heavy atom. The molecule has 0 amide bonds. The van der Waals surface area contributed by atoms with E-state index in [4.69, 9.17) is 4.74 Å². The Labute approximate surface area is 95.0 Å². The van der Waals surface area contributed by atoms with E-state index in [2.05, 4.69) is 12.0 Å². The van der Waals surface area contributed by atoms with Gasteiger partial charge in [0.25, 0.3) is 0 Å². The maximum atomic E-state index is 5.34. The lowest BCUT2D eigenvalue weighted by atomic mass is 10.2. The van der Waals surface area contributed by atoms with Crippen molar-refractivity contribution in [3.8, 4) is 11.4 Å². The monoisotopic (exact) mass is 213 g/mol. The van der Waals surface area contributed by atoms with Crippen LogP contribution in [-0.2, 0) is 0 Å². The van der Waals surface area contributed by atoms with E-state index in [1.165, 1.54) is 0 Å². The van der Waals surface area contributed by atoms with Gasteiger partial charge in [0.05, 0.1) is 7.11 Å². The molecular formula is C13H13N2O. The first-order valence-corrected chi connectivity index (χ1v) is 4.99. The number of hydrogen-bond donors (Lipinski definition) is 0. The van der Waals surface area contributed by atoms with Gasteiger partial charge in [-0.15, -0.1) is 0 Å². The maximum absolute atomic E-state index is 5.34. The third-order valence-corrected chi connectivity index (χ3v) is 2.27. The van der Waals surface area contributed by atoms with Gasteiger partial charge in [0, 0.05) is 12.4 Å². The molecule has 3 heteroatoms. The second-order valence-corrected chi connectivity index (χ2v) is 3.28. The Morgan fingerprint density at radius 1 is 1.44 bits per heavy atom. The van der Waals surface area contributed by atoms with Gasteiger partial charge in [-0.25, -0.2) is 4.68 Å². The van der Waals surface area contributed by atoms with E-state index < -0.39 is 0 Å². The van der Waals surface area contributed by atoms with Crippen LogP contribution in [0.5, 0.6) is 5.75 Å². The van der Waals surface area contributed by atoms with Gasteiger partial charge in [-0.05, 0) is 30.7 Å². The van der Waals surface area contributed by atoms with Crippen LogP contribution in [0.25, 0.3) is 11.8 Å². The molecule has 0 atom stereocenters. The zero-order valence-electron chi connectivity index (χ0n) is 9.13. The highest BCUT2D eigenvalue weighted by Gasteiger charge is 2.05. The van der Waals surface area contributed by atoms with Crippen LogP contribution >= 0.6 is 0 Å². The first-order chi connectivity index (χ1) is 7.85. The Morgan fingerprint density at radius 3 is 2.94 bits per heavy atom. The minimum Gasteiger partial charge on any atom is -0.494 e. The van der Waals surface area contributed by atoms with Crippen molar-refractivity contribution in [1.82, 2.24) is 9.78 Å². The summed E-state index contributed by atoms with van der Waals surface area (Å²) in [7, 11) is 1.65. The number of benzene rings is 1. The van der Waals surface area contributed by atoms with E-state index in [1.807, 2.05) is 36.5 Å². The summed E-state index contributed by atoms with van der Waals surface area (Å²) in [4.78, 5) is 0. The third-order valence-electron chi connectivity index (χ3n) is 2.27. The lowest BCUT2D eigenvalue weighted by molar-refractivity contribution is 0.411. The largest absolute Gasteiger partial charge is 0.494 e. The van der Waals surface area contributed by atoms with Gasteiger partial charge >= 0.3 is 0 Å². The number of nitrogens with zero attached hydrogens (tertiary/aromatic N) is 2. The molecule has 0 saturated heterocycles. The van der Waals surface area contributed by atoms with Crippen molar-refractivity contribution in [2.24, 2.45) is 0 Å². The van der Waals surface area contributed by atoms with Gasteiger partial charge in [-0.1, -0.05) is 18.2 Å². The number of ether oxygens (including phenoxy) is 1. The van der Waals surface area contributed by atoms with E-state index >= 15 is 0 Å². The summed E-state index contributed by atoms with van der Waals surface area (Å²) in [5, 5.41) is 4.18. The van der Waals surface area contributed by atoms with Gasteiger partial charge in [0.1, 0.15) is 11.4 Å². The van der Waals surface area contributed by atoms with E-state index in [-0.39, 0.29) is 0 Å². The lowest BCUT2D eigenvalue weighted by Crippen LogP contribution is -1.98. The van der Waals surface area contributed by atoms with Crippen LogP contribution in [0, 0.1) is 6.92 Å². The van der Waals surface area contributed by atoms with Crippen LogP contribution in [0.4, 0.5) is 0 Å². The number of rotatable bonds is 3. The summed E-state index contributed by atoms with van der Waals surface area (Å²) in [5.41, 5.74) is 1.98. The molecule has 1 aromatic carbocycles. The molecule has 0 N–H and O–H groups in total.